The van der Waals surface area contributed by atoms with Gasteiger partial charge in [-0.05, 0) is 55.3 Å². The molecule has 0 unspecified atom stereocenters. The minimum absolute atomic E-state index is 0.00222. The lowest BCUT2D eigenvalue weighted by molar-refractivity contribution is 0.0989. The summed E-state index contributed by atoms with van der Waals surface area (Å²) in [4.78, 5) is 14.4. The van der Waals surface area contributed by atoms with Gasteiger partial charge in [0, 0.05) is 23.5 Å². The highest BCUT2D eigenvalue weighted by molar-refractivity contribution is 6.07. The molecule has 4 heteroatoms. The Morgan fingerprint density at radius 3 is 2.71 bits per heavy atom. The first-order chi connectivity index (χ1) is 10.2. The number of anilines is 2. The second-order valence-electron chi connectivity index (χ2n) is 5.05. The Morgan fingerprint density at radius 2 is 2.00 bits per heavy atom. The van der Waals surface area contributed by atoms with Gasteiger partial charge in [0.2, 0.25) is 0 Å². The molecule has 0 saturated carbocycles. The summed E-state index contributed by atoms with van der Waals surface area (Å²) < 4.78 is 5.40. The Morgan fingerprint density at radius 1 is 1.24 bits per heavy atom. The summed E-state index contributed by atoms with van der Waals surface area (Å²) in [6.45, 7) is 3.25. The van der Waals surface area contributed by atoms with Crippen molar-refractivity contribution >= 4 is 17.3 Å². The van der Waals surface area contributed by atoms with Crippen molar-refractivity contribution in [2.24, 2.45) is 0 Å². The Balaban J connectivity index is 1.85. The maximum Gasteiger partial charge on any atom is 0.258 e. The Labute approximate surface area is 124 Å². The second-order valence-corrected chi connectivity index (χ2v) is 5.05. The number of nitrogens with zero attached hydrogens (tertiary/aromatic N) is 1. The number of fused-ring (bicyclic) bond motifs is 1. The van der Waals surface area contributed by atoms with Crippen LogP contribution in [0.1, 0.15) is 22.8 Å². The van der Waals surface area contributed by atoms with Gasteiger partial charge in [-0.25, -0.2) is 0 Å². The van der Waals surface area contributed by atoms with Crippen molar-refractivity contribution in [1.29, 1.82) is 0 Å². The molecule has 0 atom stereocenters. The normalized spacial score (nSPS) is 13.1. The average molecular weight is 282 g/mol. The first-order valence-electron chi connectivity index (χ1n) is 7.12. The summed E-state index contributed by atoms with van der Waals surface area (Å²) >= 11 is 0. The van der Waals surface area contributed by atoms with Gasteiger partial charge >= 0.3 is 0 Å². The van der Waals surface area contributed by atoms with Gasteiger partial charge in [0.15, 0.2) is 0 Å². The van der Waals surface area contributed by atoms with Gasteiger partial charge in [0.25, 0.3) is 5.91 Å². The summed E-state index contributed by atoms with van der Waals surface area (Å²) in [5.41, 5.74) is 9.27. The van der Waals surface area contributed by atoms with E-state index in [9.17, 15) is 4.79 Å². The zero-order valence-electron chi connectivity index (χ0n) is 12.0. The Bertz CT molecular complexity index is 665. The predicted octanol–water partition coefficient (Wildman–Crippen LogP) is 2.87. The van der Waals surface area contributed by atoms with E-state index in [0.717, 1.165) is 17.9 Å². The van der Waals surface area contributed by atoms with Crippen LogP contribution in [0.15, 0.2) is 42.5 Å². The summed E-state index contributed by atoms with van der Waals surface area (Å²) in [6, 6.07) is 13.0. The van der Waals surface area contributed by atoms with Crippen LogP contribution in [0.3, 0.4) is 0 Å². The third-order valence-electron chi connectivity index (χ3n) is 3.66. The molecule has 0 aromatic heterocycles. The molecule has 0 saturated heterocycles. The number of amides is 1. The minimum Gasteiger partial charge on any atom is -0.494 e. The van der Waals surface area contributed by atoms with Gasteiger partial charge in [-0.15, -0.1) is 0 Å². The molecule has 1 aliphatic rings. The summed E-state index contributed by atoms with van der Waals surface area (Å²) in [7, 11) is 0. The van der Waals surface area contributed by atoms with E-state index in [1.807, 2.05) is 37.3 Å². The molecular weight excluding hydrogens is 264 g/mol. The van der Waals surface area contributed by atoms with Crippen molar-refractivity contribution in [2.45, 2.75) is 13.3 Å². The molecule has 108 valence electrons. The van der Waals surface area contributed by atoms with E-state index in [4.69, 9.17) is 10.5 Å². The molecule has 0 bridgehead atoms. The molecule has 1 amide bonds. The SMILES string of the molecule is CCOc1ccc(C(=O)N2CCc3ccc(N)cc32)cc1. The first-order valence-corrected chi connectivity index (χ1v) is 7.12. The van der Waals surface area contributed by atoms with Crippen molar-refractivity contribution < 1.29 is 9.53 Å². The van der Waals surface area contributed by atoms with E-state index in [2.05, 4.69) is 0 Å². The van der Waals surface area contributed by atoms with Crippen LogP contribution in [0.4, 0.5) is 11.4 Å². The topological polar surface area (TPSA) is 55.6 Å². The summed E-state index contributed by atoms with van der Waals surface area (Å²) in [5.74, 6) is 0.780. The van der Waals surface area contributed by atoms with Crippen molar-refractivity contribution in [2.75, 3.05) is 23.8 Å². The molecule has 1 aliphatic heterocycles. The highest BCUT2D eigenvalue weighted by Crippen LogP contribution is 2.31. The number of benzene rings is 2. The number of carbonyl (C=O) groups is 1. The fraction of sp³-hybridized carbons (Fsp3) is 0.235. The standard InChI is InChI=1S/C17H18N2O2/c1-2-21-15-7-4-13(5-8-15)17(20)19-10-9-12-3-6-14(18)11-16(12)19/h3-8,11H,2,9-10,18H2,1H3. The van der Waals surface area contributed by atoms with Crippen molar-refractivity contribution in [1.82, 2.24) is 0 Å². The number of hydrogen-bond acceptors (Lipinski definition) is 3. The van der Waals surface area contributed by atoms with E-state index in [1.165, 1.54) is 5.56 Å². The smallest absolute Gasteiger partial charge is 0.258 e. The molecule has 3 rings (SSSR count). The van der Waals surface area contributed by atoms with Crippen LogP contribution in [0, 0.1) is 0 Å². The average Bonchev–Trinajstić information content (AvgIpc) is 2.90. The van der Waals surface area contributed by atoms with E-state index in [1.54, 1.807) is 17.0 Å². The van der Waals surface area contributed by atoms with Gasteiger partial charge in [-0.3, -0.25) is 4.79 Å². The number of nitrogens with two attached hydrogens (primary N) is 1. The first kappa shape index (κ1) is 13.5. The fourth-order valence-electron chi connectivity index (χ4n) is 2.62. The molecule has 0 fully saturated rings. The number of hydrogen-bond donors (Lipinski definition) is 1. The molecular formula is C17H18N2O2. The fourth-order valence-corrected chi connectivity index (χ4v) is 2.62. The molecule has 21 heavy (non-hydrogen) atoms. The van der Waals surface area contributed by atoms with Crippen LogP contribution < -0.4 is 15.4 Å². The molecule has 4 nitrogen and oxygen atoms in total. The molecule has 2 N–H and O–H groups in total. The van der Waals surface area contributed by atoms with Crippen LogP contribution in [0.25, 0.3) is 0 Å². The highest BCUT2D eigenvalue weighted by atomic mass is 16.5. The predicted molar refractivity (Wildman–Crippen MR) is 83.8 cm³/mol. The maximum atomic E-state index is 12.6. The summed E-state index contributed by atoms with van der Waals surface area (Å²) in [6.07, 6.45) is 0.873. The van der Waals surface area contributed by atoms with Gasteiger partial charge < -0.3 is 15.4 Å². The van der Waals surface area contributed by atoms with Crippen molar-refractivity contribution in [3.8, 4) is 5.75 Å². The van der Waals surface area contributed by atoms with Gasteiger partial charge in [0.1, 0.15) is 5.75 Å². The number of nitrogen functional groups attached to an aromatic ring is 1. The van der Waals surface area contributed by atoms with Crippen LogP contribution in [0.2, 0.25) is 0 Å². The van der Waals surface area contributed by atoms with Crippen molar-refractivity contribution in [3.63, 3.8) is 0 Å². The molecule has 2 aromatic rings. The zero-order chi connectivity index (χ0) is 14.8. The summed E-state index contributed by atoms with van der Waals surface area (Å²) in [5, 5.41) is 0. The number of rotatable bonds is 3. The van der Waals surface area contributed by atoms with Gasteiger partial charge in [-0.1, -0.05) is 6.07 Å². The largest absolute Gasteiger partial charge is 0.494 e. The quantitative estimate of drug-likeness (QED) is 0.881. The third kappa shape index (κ3) is 2.57. The monoisotopic (exact) mass is 282 g/mol. The van der Waals surface area contributed by atoms with Crippen LogP contribution in [-0.4, -0.2) is 19.1 Å². The third-order valence-corrected chi connectivity index (χ3v) is 3.66. The molecule has 0 aliphatic carbocycles. The number of carbonyl (C=O) groups excluding carboxylic acids is 1. The molecule has 2 aromatic carbocycles. The lowest BCUT2D eigenvalue weighted by Crippen LogP contribution is -2.28. The zero-order valence-corrected chi connectivity index (χ0v) is 12.0. The molecule has 0 radical (unpaired) electrons. The molecule has 1 heterocycles. The minimum atomic E-state index is 0.00222. The number of ether oxygens (including phenoxy) is 1. The van der Waals surface area contributed by atoms with Crippen molar-refractivity contribution in [3.05, 3.63) is 53.6 Å². The van der Waals surface area contributed by atoms with Crippen LogP contribution in [-0.2, 0) is 6.42 Å². The highest BCUT2D eigenvalue weighted by Gasteiger charge is 2.25. The Hall–Kier alpha value is -2.49. The van der Waals surface area contributed by atoms with E-state index in [-0.39, 0.29) is 5.91 Å². The van der Waals surface area contributed by atoms with E-state index >= 15 is 0 Å². The van der Waals surface area contributed by atoms with Gasteiger partial charge in [0.05, 0.1) is 6.61 Å². The maximum absolute atomic E-state index is 12.6. The van der Waals surface area contributed by atoms with Crippen LogP contribution >= 0.6 is 0 Å². The van der Waals surface area contributed by atoms with Crippen LogP contribution in [0.5, 0.6) is 5.75 Å². The molecule has 0 spiro atoms. The van der Waals surface area contributed by atoms with Gasteiger partial charge in [-0.2, -0.15) is 0 Å². The lowest BCUT2D eigenvalue weighted by Gasteiger charge is -2.18. The lowest BCUT2D eigenvalue weighted by atomic mass is 10.1. The van der Waals surface area contributed by atoms with E-state index in [0.29, 0.717) is 24.4 Å². The van der Waals surface area contributed by atoms with E-state index < -0.39 is 0 Å². The Kier molecular flexibility index (Phi) is 3.52. The second kappa shape index (κ2) is 5.48.